The second-order valence-corrected chi connectivity index (χ2v) is 4.47. The van der Waals surface area contributed by atoms with Gasteiger partial charge in [-0.1, -0.05) is 11.8 Å². The molecule has 0 aliphatic carbocycles. The molecule has 0 spiro atoms. The Hall–Kier alpha value is -1.36. The number of carbonyl (C=O) groups is 1. The first-order valence-electron chi connectivity index (χ1n) is 4.54. The minimum Gasteiger partial charge on any atom is -0.480 e. The molecule has 1 unspecified atom stereocenters. The summed E-state index contributed by atoms with van der Waals surface area (Å²) in [6.07, 6.45) is 1.71. The van der Waals surface area contributed by atoms with Crippen molar-refractivity contribution in [1.82, 2.24) is 4.98 Å². The molecule has 0 fully saturated rings. The van der Waals surface area contributed by atoms with Crippen LogP contribution in [0.5, 0.6) is 0 Å². The van der Waals surface area contributed by atoms with Crippen LogP contribution >= 0.6 is 11.8 Å². The quantitative estimate of drug-likeness (QED) is 0.820. The molecule has 1 aromatic rings. The van der Waals surface area contributed by atoms with Crippen LogP contribution in [0.15, 0.2) is 23.3 Å². The molecule has 0 saturated heterocycles. The minimum atomic E-state index is -0.801. The highest BCUT2D eigenvalue weighted by Crippen LogP contribution is 2.25. The zero-order chi connectivity index (χ0) is 10.8. The number of thioether (sulfide) groups is 1. The SMILES string of the molecule is Cc1cc(C2=NCC(C(=O)O)S2)ccn1. The average Bonchev–Trinajstić information content (AvgIpc) is 2.66. The van der Waals surface area contributed by atoms with Gasteiger partial charge in [0.25, 0.3) is 0 Å². The van der Waals surface area contributed by atoms with Crippen LogP contribution in [0.1, 0.15) is 11.3 Å². The van der Waals surface area contributed by atoms with Gasteiger partial charge in [-0.15, -0.1) is 0 Å². The maximum atomic E-state index is 10.7. The standard InChI is InChI=1S/C10H10N2O2S/c1-6-4-7(2-3-11-6)9-12-5-8(15-9)10(13)14/h2-4,8H,5H2,1H3,(H,13,14). The van der Waals surface area contributed by atoms with Crippen molar-refractivity contribution in [2.24, 2.45) is 4.99 Å². The van der Waals surface area contributed by atoms with Crippen molar-refractivity contribution in [2.45, 2.75) is 12.2 Å². The number of nitrogens with zero attached hydrogens (tertiary/aromatic N) is 2. The first kappa shape index (κ1) is 10.2. The van der Waals surface area contributed by atoms with Crippen LogP contribution in [-0.2, 0) is 4.79 Å². The van der Waals surface area contributed by atoms with Gasteiger partial charge in [0, 0.05) is 17.5 Å². The fourth-order valence-electron chi connectivity index (χ4n) is 1.34. The number of aliphatic imine (C=N–C) groups is 1. The topological polar surface area (TPSA) is 62.5 Å². The Bertz CT molecular complexity index is 431. The Labute approximate surface area is 91.4 Å². The predicted molar refractivity (Wildman–Crippen MR) is 59.4 cm³/mol. The molecule has 4 nitrogen and oxygen atoms in total. The number of aryl methyl sites for hydroxylation is 1. The van der Waals surface area contributed by atoms with E-state index in [1.807, 2.05) is 19.1 Å². The van der Waals surface area contributed by atoms with Crippen molar-refractivity contribution in [1.29, 1.82) is 0 Å². The van der Waals surface area contributed by atoms with E-state index in [1.54, 1.807) is 6.20 Å². The molecule has 0 amide bonds. The van der Waals surface area contributed by atoms with Crippen LogP contribution in [0.2, 0.25) is 0 Å². The number of rotatable bonds is 2. The van der Waals surface area contributed by atoms with Gasteiger partial charge in [-0.05, 0) is 19.1 Å². The smallest absolute Gasteiger partial charge is 0.318 e. The zero-order valence-corrected chi connectivity index (χ0v) is 8.99. The lowest BCUT2D eigenvalue weighted by Gasteiger charge is -2.02. The highest BCUT2D eigenvalue weighted by Gasteiger charge is 2.26. The second-order valence-electron chi connectivity index (χ2n) is 3.28. The third kappa shape index (κ3) is 2.18. The van der Waals surface area contributed by atoms with Crippen LogP contribution in [0.3, 0.4) is 0 Å². The summed E-state index contributed by atoms with van der Waals surface area (Å²) in [7, 11) is 0. The fourth-order valence-corrected chi connectivity index (χ4v) is 2.27. The lowest BCUT2D eigenvalue weighted by Crippen LogP contribution is -2.16. The monoisotopic (exact) mass is 222 g/mol. The summed E-state index contributed by atoms with van der Waals surface area (Å²) in [5, 5.41) is 9.19. The zero-order valence-electron chi connectivity index (χ0n) is 8.17. The Balaban J connectivity index is 2.17. The van der Waals surface area contributed by atoms with E-state index in [0.717, 1.165) is 16.3 Å². The number of carboxylic acid groups (broad SMARTS) is 1. The van der Waals surface area contributed by atoms with Gasteiger partial charge >= 0.3 is 5.97 Å². The first-order valence-corrected chi connectivity index (χ1v) is 5.42. The fraction of sp³-hybridized carbons (Fsp3) is 0.300. The number of aliphatic carboxylic acids is 1. The molecule has 0 saturated carbocycles. The van der Waals surface area contributed by atoms with E-state index in [9.17, 15) is 4.79 Å². The third-order valence-electron chi connectivity index (χ3n) is 2.07. The lowest BCUT2D eigenvalue weighted by atomic mass is 10.2. The molecule has 1 atom stereocenters. The average molecular weight is 222 g/mol. The molecule has 15 heavy (non-hydrogen) atoms. The molecule has 1 aliphatic rings. The summed E-state index contributed by atoms with van der Waals surface area (Å²) < 4.78 is 0. The number of hydrogen-bond acceptors (Lipinski definition) is 4. The predicted octanol–water partition coefficient (Wildman–Crippen LogP) is 1.34. The maximum Gasteiger partial charge on any atom is 0.318 e. The van der Waals surface area contributed by atoms with Crippen LogP contribution in [0.25, 0.3) is 0 Å². The van der Waals surface area contributed by atoms with Crippen molar-refractivity contribution >= 4 is 22.8 Å². The van der Waals surface area contributed by atoms with Gasteiger partial charge < -0.3 is 5.11 Å². The number of aromatic nitrogens is 1. The van der Waals surface area contributed by atoms with Crippen LogP contribution in [0.4, 0.5) is 0 Å². The third-order valence-corrected chi connectivity index (χ3v) is 3.30. The Kier molecular flexibility index (Phi) is 2.73. The normalized spacial score (nSPS) is 20.1. The van der Waals surface area contributed by atoms with Crippen molar-refractivity contribution in [3.8, 4) is 0 Å². The van der Waals surface area contributed by atoms with Gasteiger partial charge in [-0.25, -0.2) is 0 Å². The molecule has 5 heteroatoms. The van der Waals surface area contributed by atoms with E-state index >= 15 is 0 Å². The van der Waals surface area contributed by atoms with Gasteiger partial charge in [0.15, 0.2) is 0 Å². The van der Waals surface area contributed by atoms with Crippen molar-refractivity contribution < 1.29 is 9.90 Å². The number of hydrogen-bond donors (Lipinski definition) is 1. The van der Waals surface area contributed by atoms with Gasteiger partial charge in [0.2, 0.25) is 0 Å². The van der Waals surface area contributed by atoms with Crippen molar-refractivity contribution in [3.63, 3.8) is 0 Å². The molecular formula is C10H10N2O2S. The van der Waals surface area contributed by atoms with Crippen molar-refractivity contribution in [2.75, 3.05) is 6.54 Å². The molecule has 0 bridgehead atoms. The molecule has 0 radical (unpaired) electrons. The molecule has 1 N–H and O–H groups in total. The molecule has 1 aromatic heterocycles. The summed E-state index contributed by atoms with van der Waals surface area (Å²) in [6, 6.07) is 3.76. The van der Waals surface area contributed by atoms with E-state index in [-0.39, 0.29) is 0 Å². The maximum absolute atomic E-state index is 10.7. The Morgan fingerprint density at radius 3 is 3.07 bits per heavy atom. The Morgan fingerprint density at radius 1 is 1.67 bits per heavy atom. The minimum absolute atomic E-state index is 0.358. The highest BCUT2D eigenvalue weighted by molar-refractivity contribution is 8.15. The van der Waals surface area contributed by atoms with Gasteiger partial charge in [0.05, 0.1) is 11.6 Å². The number of pyridine rings is 1. The Morgan fingerprint density at radius 2 is 2.47 bits per heavy atom. The van der Waals surface area contributed by atoms with Gasteiger partial charge in [-0.3, -0.25) is 14.8 Å². The van der Waals surface area contributed by atoms with E-state index in [1.165, 1.54) is 11.8 Å². The highest BCUT2D eigenvalue weighted by atomic mass is 32.2. The molecule has 1 aliphatic heterocycles. The summed E-state index contributed by atoms with van der Waals surface area (Å²) in [6.45, 7) is 2.26. The van der Waals surface area contributed by atoms with Crippen LogP contribution < -0.4 is 0 Å². The lowest BCUT2D eigenvalue weighted by molar-refractivity contribution is -0.136. The van der Waals surface area contributed by atoms with E-state index in [0.29, 0.717) is 6.54 Å². The number of carboxylic acids is 1. The molecule has 2 heterocycles. The second kappa shape index (κ2) is 4.02. The molecule has 2 rings (SSSR count). The summed E-state index contributed by atoms with van der Waals surface area (Å²) in [5.41, 5.74) is 1.87. The van der Waals surface area contributed by atoms with E-state index in [2.05, 4.69) is 9.98 Å². The molecule has 78 valence electrons. The summed E-state index contributed by atoms with van der Waals surface area (Å²) >= 11 is 1.30. The van der Waals surface area contributed by atoms with E-state index < -0.39 is 11.2 Å². The van der Waals surface area contributed by atoms with Crippen molar-refractivity contribution in [3.05, 3.63) is 29.6 Å². The molecule has 0 aromatic carbocycles. The van der Waals surface area contributed by atoms with Crippen LogP contribution in [-0.4, -0.2) is 32.9 Å². The van der Waals surface area contributed by atoms with E-state index in [4.69, 9.17) is 5.11 Å². The van der Waals surface area contributed by atoms with Gasteiger partial charge in [-0.2, -0.15) is 0 Å². The summed E-state index contributed by atoms with van der Waals surface area (Å²) in [4.78, 5) is 19.0. The van der Waals surface area contributed by atoms with Gasteiger partial charge in [0.1, 0.15) is 5.25 Å². The summed E-state index contributed by atoms with van der Waals surface area (Å²) in [5.74, 6) is -0.801. The first-order chi connectivity index (χ1) is 7.16. The van der Waals surface area contributed by atoms with Crippen LogP contribution in [0, 0.1) is 6.92 Å². The molecular weight excluding hydrogens is 212 g/mol. The largest absolute Gasteiger partial charge is 0.480 e.